The molecule has 158 valence electrons. The molecule has 1 aliphatic rings. The summed E-state index contributed by atoms with van der Waals surface area (Å²) in [6.45, 7) is -1.65. The van der Waals surface area contributed by atoms with Crippen LogP contribution in [0.4, 0.5) is 14.5 Å². The molecule has 11 heteroatoms. The van der Waals surface area contributed by atoms with Crippen LogP contribution in [0.1, 0.15) is 0 Å². The number of alkyl halides is 2. The molecule has 1 amide bonds. The molecule has 0 unspecified atom stereocenters. The van der Waals surface area contributed by atoms with E-state index in [0.29, 0.717) is 29.2 Å². The zero-order valence-corrected chi connectivity index (χ0v) is 17.2. The molecule has 3 aromatic rings. The first-order valence-corrected chi connectivity index (χ1v) is 10.2. The zero-order chi connectivity index (χ0) is 21.3. The van der Waals surface area contributed by atoms with Gasteiger partial charge in [0, 0.05) is 35.5 Å². The number of benzene rings is 1. The number of carbonyl (C=O) groups excluding carboxylic acids is 1. The molecule has 4 rings (SSSR count). The summed E-state index contributed by atoms with van der Waals surface area (Å²) in [5.74, 6) is 0.0105. The van der Waals surface area contributed by atoms with Gasteiger partial charge in [0.15, 0.2) is 0 Å². The normalized spacial score (nSPS) is 13.6. The largest absolute Gasteiger partial charge is 0.434 e. The van der Waals surface area contributed by atoms with Crippen LogP contribution in [-0.4, -0.2) is 63.4 Å². The van der Waals surface area contributed by atoms with E-state index in [1.54, 1.807) is 33.9 Å². The van der Waals surface area contributed by atoms with Gasteiger partial charge in [-0.2, -0.15) is 19.0 Å². The van der Waals surface area contributed by atoms with Gasteiger partial charge in [-0.15, -0.1) is 11.8 Å². The van der Waals surface area contributed by atoms with Crippen molar-refractivity contribution in [2.45, 2.75) is 18.1 Å². The summed E-state index contributed by atoms with van der Waals surface area (Å²) < 4.78 is 34.5. The number of likely N-dealkylation sites (N-methyl/N-ethyl adjacent to an activating group) is 1. The molecule has 30 heavy (non-hydrogen) atoms. The van der Waals surface area contributed by atoms with Crippen molar-refractivity contribution in [2.75, 3.05) is 31.7 Å². The second-order valence-corrected chi connectivity index (χ2v) is 7.96. The maximum atomic E-state index is 13.2. The van der Waals surface area contributed by atoms with Gasteiger partial charge in [0.2, 0.25) is 5.91 Å². The molecule has 0 bridgehead atoms. The Morgan fingerprint density at radius 3 is 2.90 bits per heavy atom. The van der Waals surface area contributed by atoms with Gasteiger partial charge in [-0.05, 0) is 26.2 Å². The Balaban J connectivity index is 1.84. The topological polar surface area (TPSA) is 77.2 Å². The van der Waals surface area contributed by atoms with Gasteiger partial charge in [0.05, 0.1) is 24.2 Å². The molecule has 0 atom stereocenters. The van der Waals surface area contributed by atoms with Crippen molar-refractivity contribution < 1.29 is 18.3 Å². The fourth-order valence-corrected chi connectivity index (χ4v) is 3.91. The maximum absolute atomic E-state index is 13.2. The van der Waals surface area contributed by atoms with E-state index in [9.17, 15) is 13.6 Å². The summed E-state index contributed by atoms with van der Waals surface area (Å²) in [4.78, 5) is 14.5. The SMILES string of the molecule is CN(C)CCn1cc(-n2cccn2)c(-c2cc3c(cc2OC(F)F)NC(=O)CS3)n1. The number of thioether (sulfide) groups is 1. The number of halogens is 2. The molecule has 0 radical (unpaired) electrons. The van der Waals surface area contributed by atoms with Crippen LogP contribution in [0.5, 0.6) is 5.75 Å². The van der Waals surface area contributed by atoms with Gasteiger partial charge in [0.1, 0.15) is 17.1 Å². The van der Waals surface area contributed by atoms with E-state index in [1.165, 1.54) is 17.8 Å². The van der Waals surface area contributed by atoms with Crippen LogP contribution in [0.15, 0.2) is 41.7 Å². The quantitative estimate of drug-likeness (QED) is 0.616. The lowest BCUT2D eigenvalue weighted by molar-refractivity contribution is -0.113. The fourth-order valence-electron chi connectivity index (χ4n) is 3.08. The van der Waals surface area contributed by atoms with Crippen LogP contribution in [-0.2, 0) is 11.3 Å². The standard InChI is InChI=1S/C19H20F2N6O2S/c1-25(2)6-7-26-10-14(27-5-3-4-22-27)18(24-26)12-8-16-13(23-17(28)11-30-16)9-15(12)29-19(20)21/h3-5,8-10,19H,6-7,11H2,1-2H3,(H,23,28). The predicted molar refractivity (Wildman–Crippen MR) is 109 cm³/mol. The van der Waals surface area contributed by atoms with E-state index in [4.69, 9.17) is 4.74 Å². The van der Waals surface area contributed by atoms with Crippen LogP contribution in [0, 0.1) is 0 Å². The van der Waals surface area contributed by atoms with Crippen LogP contribution in [0.2, 0.25) is 0 Å². The Bertz CT molecular complexity index is 1050. The van der Waals surface area contributed by atoms with Crippen LogP contribution < -0.4 is 10.1 Å². The number of aromatic nitrogens is 4. The highest BCUT2D eigenvalue weighted by Gasteiger charge is 2.24. The zero-order valence-electron chi connectivity index (χ0n) is 16.4. The third-order valence-electron chi connectivity index (χ3n) is 4.46. The first-order valence-electron chi connectivity index (χ1n) is 9.19. The van der Waals surface area contributed by atoms with Gasteiger partial charge < -0.3 is 15.0 Å². The number of amides is 1. The molecular formula is C19H20F2N6O2S. The number of ether oxygens (including phenoxy) is 1. The number of hydrogen-bond donors (Lipinski definition) is 1. The average Bonchev–Trinajstić information content (AvgIpc) is 3.35. The van der Waals surface area contributed by atoms with E-state index in [2.05, 4.69) is 15.5 Å². The molecule has 2 aromatic heterocycles. The molecule has 0 fully saturated rings. The fraction of sp³-hybridized carbons (Fsp3) is 0.316. The van der Waals surface area contributed by atoms with Crippen molar-refractivity contribution in [1.29, 1.82) is 0 Å². The van der Waals surface area contributed by atoms with Crippen LogP contribution in [0.25, 0.3) is 16.9 Å². The Morgan fingerprint density at radius 1 is 1.37 bits per heavy atom. The Morgan fingerprint density at radius 2 is 2.20 bits per heavy atom. The molecule has 8 nitrogen and oxygen atoms in total. The van der Waals surface area contributed by atoms with Crippen molar-refractivity contribution in [3.8, 4) is 22.7 Å². The van der Waals surface area contributed by atoms with E-state index in [0.717, 1.165) is 11.4 Å². The molecule has 1 aromatic carbocycles. The maximum Gasteiger partial charge on any atom is 0.387 e. The van der Waals surface area contributed by atoms with Gasteiger partial charge >= 0.3 is 6.61 Å². The molecule has 1 aliphatic heterocycles. The summed E-state index contributed by atoms with van der Waals surface area (Å²) in [5.41, 5.74) is 1.96. The first kappa shape index (κ1) is 20.4. The Labute approximate surface area is 175 Å². The lowest BCUT2D eigenvalue weighted by atomic mass is 10.1. The Kier molecular flexibility index (Phi) is 5.73. The summed E-state index contributed by atoms with van der Waals surface area (Å²) in [7, 11) is 3.92. The molecular weight excluding hydrogens is 414 g/mol. The lowest BCUT2D eigenvalue weighted by Gasteiger charge is -2.20. The number of rotatable bonds is 7. The number of fused-ring (bicyclic) bond motifs is 1. The number of carbonyl (C=O) groups is 1. The molecule has 0 saturated carbocycles. The molecule has 0 aliphatic carbocycles. The second-order valence-electron chi connectivity index (χ2n) is 6.94. The van der Waals surface area contributed by atoms with Gasteiger partial charge in [-0.1, -0.05) is 0 Å². The molecule has 0 spiro atoms. The molecule has 0 saturated heterocycles. The van der Waals surface area contributed by atoms with E-state index in [-0.39, 0.29) is 17.4 Å². The monoisotopic (exact) mass is 434 g/mol. The second kappa shape index (κ2) is 8.44. The highest BCUT2D eigenvalue weighted by molar-refractivity contribution is 8.00. The third-order valence-corrected chi connectivity index (χ3v) is 5.51. The molecule has 1 N–H and O–H groups in total. The van der Waals surface area contributed by atoms with Crippen molar-refractivity contribution in [3.63, 3.8) is 0 Å². The number of nitrogens with zero attached hydrogens (tertiary/aromatic N) is 5. The van der Waals surface area contributed by atoms with Crippen LogP contribution >= 0.6 is 11.8 Å². The van der Waals surface area contributed by atoms with Gasteiger partial charge in [-0.25, -0.2) is 4.68 Å². The lowest BCUT2D eigenvalue weighted by Crippen LogP contribution is -2.19. The highest BCUT2D eigenvalue weighted by atomic mass is 32.2. The number of anilines is 1. The first-order chi connectivity index (χ1) is 14.4. The highest BCUT2D eigenvalue weighted by Crippen LogP contribution is 2.42. The summed E-state index contributed by atoms with van der Waals surface area (Å²) in [6.07, 6.45) is 5.22. The number of hydrogen-bond acceptors (Lipinski definition) is 6. The van der Waals surface area contributed by atoms with Crippen molar-refractivity contribution in [3.05, 3.63) is 36.8 Å². The van der Waals surface area contributed by atoms with E-state index in [1.807, 2.05) is 25.2 Å². The van der Waals surface area contributed by atoms with Crippen molar-refractivity contribution >= 4 is 23.4 Å². The van der Waals surface area contributed by atoms with Gasteiger partial charge in [0.25, 0.3) is 0 Å². The van der Waals surface area contributed by atoms with E-state index >= 15 is 0 Å². The minimum atomic E-state index is -3.02. The van der Waals surface area contributed by atoms with E-state index < -0.39 is 6.61 Å². The summed E-state index contributed by atoms with van der Waals surface area (Å²) >= 11 is 1.34. The smallest absolute Gasteiger partial charge is 0.387 e. The predicted octanol–water partition coefficient (Wildman–Crippen LogP) is 2.94. The summed E-state index contributed by atoms with van der Waals surface area (Å²) in [6, 6.07) is 4.92. The Hall–Kier alpha value is -2.92. The van der Waals surface area contributed by atoms with Crippen molar-refractivity contribution in [2.24, 2.45) is 0 Å². The summed E-state index contributed by atoms with van der Waals surface area (Å²) in [5, 5.41) is 11.6. The number of nitrogens with one attached hydrogen (secondary N) is 1. The minimum Gasteiger partial charge on any atom is -0.434 e. The average molecular weight is 434 g/mol. The van der Waals surface area contributed by atoms with Crippen LogP contribution in [0.3, 0.4) is 0 Å². The minimum absolute atomic E-state index is 0.0576. The van der Waals surface area contributed by atoms with Crippen molar-refractivity contribution in [1.82, 2.24) is 24.5 Å². The molecule has 3 heterocycles. The van der Waals surface area contributed by atoms with Gasteiger partial charge in [-0.3, -0.25) is 9.48 Å². The third kappa shape index (κ3) is 4.31.